The third-order valence-electron chi connectivity index (χ3n) is 2.75. The minimum absolute atomic E-state index is 0.0608. The molecule has 1 rings (SSSR count). The molecule has 0 bridgehead atoms. The molecule has 1 aromatic rings. The minimum atomic E-state index is -3.82. The van der Waals surface area contributed by atoms with Crippen molar-refractivity contribution in [2.24, 2.45) is 0 Å². The van der Waals surface area contributed by atoms with E-state index in [0.717, 1.165) is 0 Å². The van der Waals surface area contributed by atoms with Crippen LogP contribution >= 0.6 is 0 Å². The number of sulfonamides is 1. The van der Waals surface area contributed by atoms with Gasteiger partial charge in [-0.25, -0.2) is 8.42 Å². The number of carbonyl (C=O) groups excluding carboxylic acids is 1. The highest BCUT2D eigenvalue weighted by molar-refractivity contribution is 7.89. The summed E-state index contributed by atoms with van der Waals surface area (Å²) >= 11 is 0. The second kappa shape index (κ2) is 6.70. The van der Waals surface area contributed by atoms with Gasteiger partial charge in [-0.15, -0.1) is 0 Å². The number of amides is 1. The second-order valence-electron chi connectivity index (χ2n) is 5.10. The lowest BCUT2D eigenvalue weighted by Crippen LogP contribution is -2.46. The van der Waals surface area contributed by atoms with Crippen LogP contribution < -0.4 is 10.0 Å². The van der Waals surface area contributed by atoms with Crippen LogP contribution in [0.15, 0.2) is 23.1 Å². The number of nitrogens with zero attached hydrogens (tertiary/aromatic N) is 1. The Balaban J connectivity index is 2.97. The van der Waals surface area contributed by atoms with Gasteiger partial charge in [0.15, 0.2) is 0 Å². The maximum atomic E-state index is 12.3. The van der Waals surface area contributed by atoms with E-state index in [2.05, 4.69) is 10.0 Å². The SMILES string of the molecule is Cc1cc(C#N)ccc1S(=O)(=O)NC(C)C(=O)NC(C)C. The summed E-state index contributed by atoms with van der Waals surface area (Å²) in [7, 11) is -3.82. The lowest BCUT2D eigenvalue weighted by Gasteiger charge is -2.17. The van der Waals surface area contributed by atoms with Gasteiger partial charge in [-0.3, -0.25) is 4.79 Å². The maximum absolute atomic E-state index is 12.3. The molecule has 2 N–H and O–H groups in total. The molecule has 21 heavy (non-hydrogen) atoms. The Morgan fingerprint density at radius 3 is 2.38 bits per heavy atom. The highest BCUT2D eigenvalue weighted by atomic mass is 32.2. The number of rotatable bonds is 5. The van der Waals surface area contributed by atoms with Crippen LogP contribution in [0.2, 0.25) is 0 Å². The van der Waals surface area contributed by atoms with Gasteiger partial charge in [-0.2, -0.15) is 9.98 Å². The molecule has 0 saturated heterocycles. The molecule has 1 unspecified atom stereocenters. The number of carbonyl (C=O) groups is 1. The van der Waals surface area contributed by atoms with E-state index >= 15 is 0 Å². The van der Waals surface area contributed by atoms with Crippen molar-refractivity contribution < 1.29 is 13.2 Å². The van der Waals surface area contributed by atoms with Gasteiger partial charge in [0.05, 0.1) is 22.6 Å². The van der Waals surface area contributed by atoms with E-state index in [1.165, 1.54) is 25.1 Å². The summed E-state index contributed by atoms with van der Waals surface area (Å²) in [6.45, 7) is 6.68. The molecule has 114 valence electrons. The summed E-state index contributed by atoms with van der Waals surface area (Å²) in [4.78, 5) is 11.8. The molecule has 0 spiro atoms. The van der Waals surface area contributed by atoms with E-state index in [4.69, 9.17) is 5.26 Å². The largest absolute Gasteiger partial charge is 0.353 e. The summed E-state index contributed by atoms with van der Waals surface area (Å²) in [5.74, 6) is -0.389. The number of hydrogen-bond donors (Lipinski definition) is 2. The smallest absolute Gasteiger partial charge is 0.241 e. The zero-order valence-corrected chi connectivity index (χ0v) is 13.3. The summed E-state index contributed by atoms with van der Waals surface area (Å²) < 4.78 is 26.9. The number of aryl methyl sites for hydroxylation is 1. The van der Waals surface area contributed by atoms with E-state index in [0.29, 0.717) is 11.1 Å². The number of nitriles is 1. The van der Waals surface area contributed by atoms with Crippen molar-refractivity contribution in [3.05, 3.63) is 29.3 Å². The van der Waals surface area contributed by atoms with Crippen molar-refractivity contribution in [1.82, 2.24) is 10.0 Å². The van der Waals surface area contributed by atoms with E-state index in [-0.39, 0.29) is 16.8 Å². The average Bonchev–Trinajstić information content (AvgIpc) is 2.36. The van der Waals surface area contributed by atoms with E-state index in [1.807, 2.05) is 6.07 Å². The molecule has 0 aliphatic rings. The molecule has 0 aromatic heterocycles. The first-order valence-corrected chi connectivity index (χ1v) is 7.99. The summed E-state index contributed by atoms with van der Waals surface area (Å²) in [5.41, 5.74) is 0.843. The fourth-order valence-electron chi connectivity index (χ4n) is 1.78. The van der Waals surface area contributed by atoms with Crippen LogP contribution in [0, 0.1) is 18.3 Å². The Kier molecular flexibility index (Phi) is 5.47. The molecule has 0 aliphatic carbocycles. The van der Waals surface area contributed by atoms with E-state index in [9.17, 15) is 13.2 Å². The maximum Gasteiger partial charge on any atom is 0.241 e. The lowest BCUT2D eigenvalue weighted by molar-refractivity contribution is -0.122. The molecular formula is C14H19N3O3S. The molecular weight excluding hydrogens is 290 g/mol. The monoisotopic (exact) mass is 309 g/mol. The Bertz CT molecular complexity index is 675. The average molecular weight is 309 g/mol. The number of nitrogens with one attached hydrogen (secondary N) is 2. The van der Waals surface area contributed by atoms with Crippen LogP contribution in [0.5, 0.6) is 0 Å². The van der Waals surface area contributed by atoms with Gasteiger partial charge >= 0.3 is 0 Å². The van der Waals surface area contributed by atoms with Crippen LogP contribution in [0.25, 0.3) is 0 Å². The van der Waals surface area contributed by atoms with Crippen molar-refractivity contribution >= 4 is 15.9 Å². The molecule has 1 atom stereocenters. The topological polar surface area (TPSA) is 99.1 Å². The first-order chi connectivity index (χ1) is 9.67. The van der Waals surface area contributed by atoms with Gasteiger partial charge in [-0.1, -0.05) is 0 Å². The standard InChI is InChI=1S/C14H19N3O3S/c1-9(2)16-14(18)11(4)17-21(19,20)13-6-5-12(8-15)7-10(13)3/h5-7,9,11,17H,1-4H3,(H,16,18). The van der Waals surface area contributed by atoms with Gasteiger partial charge in [0.1, 0.15) is 0 Å². The fourth-order valence-corrected chi connectivity index (χ4v) is 3.21. The predicted octanol–water partition coefficient (Wildman–Crippen LogP) is 1.06. The van der Waals surface area contributed by atoms with Crippen LogP contribution in [-0.4, -0.2) is 26.4 Å². The highest BCUT2D eigenvalue weighted by Gasteiger charge is 2.23. The van der Waals surface area contributed by atoms with Gasteiger partial charge < -0.3 is 5.32 Å². The summed E-state index contributed by atoms with van der Waals surface area (Å²) in [6, 6.07) is 5.29. The zero-order chi connectivity index (χ0) is 16.2. The van der Waals surface area contributed by atoms with Gasteiger partial charge in [-0.05, 0) is 51.5 Å². The number of benzene rings is 1. The molecule has 1 amide bonds. The van der Waals surface area contributed by atoms with Gasteiger partial charge in [0, 0.05) is 6.04 Å². The van der Waals surface area contributed by atoms with Crippen molar-refractivity contribution in [3.8, 4) is 6.07 Å². The van der Waals surface area contributed by atoms with E-state index in [1.54, 1.807) is 20.8 Å². The molecule has 0 radical (unpaired) electrons. The third kappa shape index (κ3) is 4.55. The van der Waals surface area contributed by atoms with E-state index < -0.39 is 16.1 Å². The zero-order valence-electron chi connectivity index (χ0n) is 12.5. The quantitative estimate of drug-likeness (QED) is 0.849. The minimum Gasteiger partial charge on any atom is -0.353 e. The summed E-state index contributed by atoms with van der Waals surface area (Å²) in [6.07, 6.45) is 0. The Morgan fingerprint density at radius 1 is 1.29 bits per heavy atom. The molecule has 6 nitrogen and oxygen atoms in total. The molecule has 7 heteroatoms. The van der Waals surface area contributed by atoms with Gasteiger partial charge in [0.2, 0.25) is 15.9 Å². The normalized spacial score (nSPS) is 12.8. The summed E-state index contributed by atoms with van der Waals surface area (Å²) in [5, 5.41) is 11.4. The van der Waals surface area contributed by atoms with Crippen molar-refractivity contribution in [2.45, 2.75) is 44.7 Å². The van der Waals surface area contributed by atoms with Crippen LogP contribution in [0.3, 0.4) is 0 Å². The predicted molar refractivity (Wildman–Crippen MR) is 79.0 cm³/mol. The third-order valence-corrected chi connectivity index (χ3v) is 4.45. The van der Waals surface area contributed by atoms with Crippen LogP contribution in [0.4, 0.5) is 0 Å². The molecule has 0 fully saturated rings. The Hall–Kier alpha value is -1.91. The Labute approximate surface area is 125 Å². The molecule has 0 aliphatic heterocycles. The van der Waals surface area contributed by atoms with Crippen LogP contribution in [0.1, 0.15) is 31.9 Å². The lowest BCUT2D eigenvalue weighted by atomic mass is 10.2. The molecule has 0 heterocycles. The van der Waals surface area contributed by atoms with Crippen molar-refractivity contribution in [3.63, 3.8) is 0 Å². The number of hydrogen-bond acceptors (Lipinski definition) is 4. The van der Waals surface area contributed by atoms with Gasteiger partial charge in [0.25, 0.3) is 0 Å². The highest BCUT2D eigenvalue weighted by Crippen LogP contribution is 2.16. The first kappa shape index (κ1) is 17.1. The van der Waals surface area contributed by atoms with Crippen molar-refractivity contribution in [1.29, 1.82) is 5.26 Å². The molecule has 0 saturated carbocycles. The second-order valence-corrected chi connectivity index (χ2v) is 6.78. The van der Waals surface area contributed by atoms with Crippen LogP contribution in [-0.2, 0) is 14.8 Å². The fraction of sp³-hybridized carbons (Fsp3) is 0.429. The van der Waals surface area contributed by atoms with Crippen molar-refractivity contribution in [2.75, 3.05) is 0 Å². The molecule has 1 aromatic carbocycles. The first-order valence-electron chi connectivity index (χ1n) is 6.51. The Morgan fingerprint density at radius 2 is 1.90 bits per heavy atom.